The van der Waals surface area contributed by atoms with Crippen molar-refractivity contribution >= 4 is 21.4 Å². The first kappa shape index (κ1) is 11.9. The molecule has 2 aromatic rings. The molecule has 2 heterocycles. The first-order valence-corrected chi connectivity index (χ1v) is 8.02. The van der Waals surface area contributed by atoms with Crippen LogP contribution in [0.2, 0.25) is 0 Å². The standard InChI is InChI=1S/C11H13N3O2S2/c1-14-7-10(18(15,16)13-8-4-5-8)11(12-14)9-3-2-6-17-9/h2-3,6-8,13H,4-5H2,1H3. The topological polar surface area (TPSA) is 64.0 Å². The molecule has 5 nitrogen and oxygen atoms in total. The maximum absolute atomic E-state index is 12.3. The van der Waals surface area contributed by atoms with E-state index in [0.29, 0.717) is 5.69 Å². The second-order valence-electron chi connectivity index (χ2n) is 4.39. The van der Waals surface area contributed by atoms with Gasteiger partial charge in [-0.3, -0.25) is 4.68 Å². The fraction of sp³-hybridized carbons (Fsp3) is 0.364. The second-order valence-corrected chi connectivity index (χ2v) is 7.02. The van der Waals surface area contributed by atoms with Crippen LogP contribution in [0.5, 0.6) is 0 Å². The van der Waals surface area contributed by atoms with Crippen LogP contribution in [0.1, 0.15) is 12.8 Å². The van der Waals surface area contributed by atoms with E-state index in [0.717, 1.165) is 17.7 Å². The van der Waals surface area contributed by atoms with Crippen molar-refractivity contribution in [2.45, 2.75) is 23.8 Å². The summed E-state index contributed by atoms with van der Waals surface area (Å²) in [5, 5.41) is 6.17. The van der Waals surface area contributed by atoms with Crippen LogP contribution < -0.4 is 4.72 Å². The molecule has 96 valence electrons. The smallest absolute Gasteiger partial charge is 0.244 e. The molecule has 0 saturated heterocycles. The minimum atomic E-state index is -3.46. The average Bonchev–Trinajstić information content (AvgIpc) is 2.83. The van der Waals surface area contributed by atoms with Gasteiger partial charge in [0.15, 0.2) is 0 Å². The van der Waals surface area contributed by atoms with Gasteiger partial charge >= 0.3 is 0 Å². The Balaban J connectivity index is 2.06. The quantitative estimate of drug-likeness (QED) is 0.926. The van der Waals surface area contributed by atoms with Gasteiger partial charge in [0, 0.05) is 19.3 Å². The van der Waals surface area contributed by atoms with E-state index in [9.17, 15) is 8.42 Å². The summed E-state index contributed by atoms with van der Waals surface area (Å²) in [7, 11) is -1.73. The monoisotopic (exact) mass is 283 g/mol. The highest BCUT2D eigenvalue weighted by Crippen LogP contribution is 2.30. The predicted octanol–water partition coefficient (Wildman–Crippen LogP) is 1.59. The third-order valence-electron chi connectivity index (χ3n) is 2.74. The number of aryl methyl sites for hydroxylation is 1. The number of aromatic nitrogens is 2. The molecule has 1 aliphatic carbocycles. The molecule has 0 spiro atoms. The lowest BCUT2D eigenvalue weighted by Crippen LogP contribution is -2.25. The van der Waals surface area contributed by atoms with Crippen molar-refractivity contribution in [3.8, 4) is 10.6 Å². The lowest BCUT2D eigenvalue weighted by molar-refractivity contribution is 0.581. The Labute approximate surface area is 110 Å². The molecule has 0 amide bonds. The van der Waals surface area contributed by atoms with E-state index in [-0.39, 0.29) is 10.9 Å². The van der Waals surface area contributed by atoms with Gasteiger partial charge in [-0.05, 0) is 24.3 Å². The summed E-state index contributed by atoms with van der Waals surface area (Å²) in [4.78, 5) is 1.13. The second kappa shape index (κ2) is 4.18. The first-order chi connectivity index (χ1) is 8.56. The summed E-state index contributed by atoms with van der Waals surface area (Å²) < 4.78 is 28.7. The Kier molecular flexibility index (Phi) is 2.76. The van der Waals surface area contributed by atoms with Gasteiger partial charge in [0.2, 0.25) is 10.0 Å². The Morgan fingerprint density at radius 2 is 2.28 bits per heavy atom. The SMILES string of the molecule is Cn1cc(S(=O)(=O)NC2CC2)c(-c2cccs2)n1. The molecule has 0 aromatic carbocycles. The average molecular weight is 283 g/mol. The zero-order valence-electron chi connectivity index (χ0n) is 9.83. The summed E-state index contributed by atoms with van der Waals surface area (Å²) in [5.41, 5.74) is 0.528. The maximum atomic E-state index is 12.3. The lowest BCUT2D eigenvalue weighted by Gasteiger charge is -2.04. The van der Waals surface area contributed by atoms with Gasteiger partial charge in [0.05, 0.1) is 4.88 Å². The van der Waals surface area contributed by atoms with Gasteiger partial charge in [-0.25, -0.2) is 13.1 Å². The Morgan fingerprint density at radius 1 is 1.50 bits per heavy atom. The highest BCUT2D eigenvalue weighted by molar-refractivity contribution is 7.89. The van der Waals surface area contributed by atoms with E-state index in [1.54, 1.807) is 13.2 Å². The Morgan fingerprint density at radius 3 is 2.89 bits per heavy atom. The summed E-state index contributed by atoms with van der Waals surface area (Å²) in [6, 6.07) is 3.87. The third-order valence-corrected chi connectivity index (χ3v) is 5.14. The molecule has 1 saturated carbocycles. The zero-order valence-corrected chi connectivity index (χ0v) is 11.5. The molecule has 0 atom stereocenters. The van der Waals surface area contributed by atoms with Crippen molar-refractivity contribution in [2.75, 3.05) is 0 Å². The molecule has 18 heavy (non-hydrogen) atoms. The van der Waals surface area contributed by atoms with E-state index in [4.69, 9.17) is 0 Å². The summed E-state index contributed by atoms with van der Waals surface area (Å²) in [6.45, 7) is 0. The van der Waals surface area contributed by atoms with Crippen LogP contribution in [0.25, 0.3) is 10.6 Å². The molecule has 0 radical (unpaired) electrons. The summed E-state index contributed by atoms with van der Waals surface area (Å²) >= 11 is 1.49. The van der Waals surface area contributed by atoms with Crippen molar-refractivity contribution in [1.29, 1.82) is 0 Å². The van der Waals surface area contributed by atoms with E-state index in [1.165, 1.54) is 16.0 Å². The highest BCUT2D eigenvalue weighted by atomic mass is 32.2. The zero-order chi connectivity index (χ0) is 12.8. The summed E-state index contributed by atoms with van der Waals surface area (Å²) in [6.07, 6.45) is 3.40. The molecule has 3 rings (SSSR count). The predicted molar refractivity (Wildman–Crippen MR) is 69.9 cm³/mol. The van der Waals surface area contributed by atoms with Crippen LogP contribution in [0.15, 0.2) is 28.6 Å². The third kappa shape index (κ3) is 2.21. The van der Waals surface area contributed by atoms with Gasteiger partial charge in [-0.1, -0.05) is 6.07 Å². The van der Waals surface area contributed by atoms with Crippen molar-refractivity contribution in [3.05, 3.63) is 23.7 Å². The molecule has 0 unspecified atom stereocenters. The van der Waals surface area contributed by atoms with Crippen molar-refractivity contribution in [1.82, 2.24) is 14.5 Å². The van der Waals surface area contributed by atoms with E-state index < -0.39 is 10.0 Å². The summed E-state index contributed by atoms with van der Waals surface area (Å²) in [5.74, 6) is 0. The van der Waals surface area contributed by atoms with Gasteiger partial charge in [0.1, 0.15) is 10.6 Å². The molecule has 0 bridgehead atoms. The normalized spacial score (nSPS) is 16.1. The number of hydrogen-bond donors (Lipinski definition) is 1. The van der Waals surface area contributed by atoms with Crippen LogP contribution in [0, 0.1) is 0 Å². The van der Waals surface area contributed by atoms with Crippen molar-refractivity contribution < 1.29 is 8.42 Å². The van der Waals surface area contributed by atoms with Gasteiger partial charge in [0.25, 0.3) is 0 Å². The van der Waals surface area contributed by atoms with Crippen LogP contribution >= 0.6 is 11.3 Å². The molecular weight excluding hydrogens is 270 g/mol. The number of rotatable bonds is 4. The number of hydrogen-bond acceptors (Lipinski definition) is 4. The van der Waals surface area contributed by atoms with Crippen molar-refractivity contribution in [2.24, 2.45) is 7.05 Å². The lowest BCUT2D eigenvalue weighted by atomic mass is 10.3. The molecule has 2 aromatic heterocycles. The number of thiophene rings is 1. The molecule has 1 N–H and O–H groups in total. The van der Waals surface area contributed by atoms with Crippen LogP contribution in [-0.2, 0) is 17.1 Å². The van der Waals surface area contributed by atoms with Crippen LogP contribution in [0.4, 0.5) is 0 Å². The number of nitrogens with one attached hydrogen (secondary N) is 1. The highest BCUT2D eigenvalue weighted by Gasteiger charge is 2.31. The van der Waals surface area contributed by atoms with Crippen LogP contribution in [0.3, 0.4) is 0 Å². The van der Waals surface area contributed by atoms with E-state index in [1.807, 2.05) is 17.5 Å². The Bertz CT molecular complexity index is 655. The first-order valence-electron chi connectivity index (χ1n) is 5.66. The fourth-order valence-corrected chi connectivity index (χ4v) is 4.02. The molecule has 0 aliphatic heterocycles. The van der Waals surface area contributed by atoms with Gasteiger partial charge in [-0.15, -0.1) is 11.3 Å². The minimum absolute atomic E-state index is 0.103. The maximum Gasteiger partial charge on any atom is 0.244 e. The fourth-order valence-electron chi connectivity index (χ4n) is 1.73. The molecule has 1 fully saturated rings. The van der Waals surface area contributed by atoms with E-state index >= 15 is 0 Å². The molecule has 1 aliphatic rings. The number of sulfonamides is 1. The molecule has 7 heteroatoms. The molecular formula is C11H13N3O2S2. The Hall–Kier alpha value is -1.18. The minimum Gasteiger partial charge on any atom is -0.274 e. The number of nitrogens with zero attached hydrogens (tertiary/aromatic N) is 2. The van der Waals surface area contributed by atoms with E-state index in [2.05, 4.69) is 9.82 Å². The van der Waals surface area contributed by atoms with Crippen molar-refractivity contribution in [3.63, 3.8) is 0 Å². The van der Waals surface area contributed by atoms with Gasteiger partial charge in [-0.2, -0.15) is 5.10 Å². The largest absolute Gasteiger partial charge is 0.274 e. The van der Waals surface area contributed by atoms with Crippen LogP contribution in [-0.4, -0.2) is 24.2 Å². The van der Waals surface area contributed by atoms with Gasteiger partial charge < -0.3 is 0 Å².